The molecule has 122 valence electrons. The van der Waals surface area contributed by atoms with Crippen LogP contribution in [-0.4, -0.2) is 20.9 Å². The van der Waals surface area contributed by atoms with Crippen molar-refractivity contribution in [2.75, 3.05) is 12.4 Å². The summed E-state index contributed by atoms with van der Waals surface area (Å²) in [6.07, 6.45) is 5.24. The van der Waals surface area contributed by atoms with Gasteiger partial charge in [-0.3, -0.25) is 0 Å². The molecule has 0 fully saturated rings. The zero-order chi connectivity index (χ0) is 16.0. The smallest absolute Gasteiger partial charge is 0.409 e. The van der Waals surface area contributed by atoms with Crippen molar-refractivity contribution in [1.29, 1.82) is 0 Å². The molecule has 1 aliphatic carbocycles. The number of ether oxygens (including phenoxy) is 1. The van der Waals surface area contributed by atoms with Crippen LogP contribution in [0.15, 0.2) is 18.2 Å². The third-order valence-corrected chi connectivity index (χ3v) is 8.54. The lowest BCUT2D eigenvalue weighted by atomic mass is 10.1. The van der Waals surface area contributed by atoms with Crippen LogP contribution >= 0.6 is 12.0 Å². The topological polar surface area (TPSA) is 27.7 Å². The van der Waals surface area contributed by atoms with E-state index in [0.29, 0.717) is 6.61 Å². The first kappa shape index (κ1) is 17.4. The minimum atomic E-state index is -2.24. The van der Waals surface area contributed by atoms with Crippen LogP contribution in [0.4, 0.5) is 0 Å². The number of hydrogen-bond acceptors (Lipinski definition) is 4. The molecule has 0 radical (unpaired) electrons. The van der Waals surface area contributed by atoms with E-state index in [2.05, 4.69) is 39.0 Å². The minimum Gasteiger partial charge on any atom is -0.517 e. The summed E-state index contributed by atoms with van der Waals surface area (Å²) < 4.78 is 18.5. The number of benzene rings is 1. The zero-order valence-corrected chi connectivity index (χ0v) is 15.8. The summed E-state index contributed by atoms with van der Waals surface area (Å²) in [6, 6.07) is 6.01. The second kappa shape index (κ2) is 8.08. The van der Waals surface area contributed by atoms with E-state index in [1.54, 1.807) is 0 Å². The summed E-state index contributed by atoms with van der Waals surface area (Å²) in [5.74, 6) is 2.68. The number of allylic oxidation sites excluding steroid dienone is 1. The third kappa shape index (κ3) is 3.70. The monoisotopic (exact) mass is 338 g/mol. The van der Waals surface area contributed by atoms with Crippen LogP contribution in [0, 0.1) is 0 Å². The molecule has 0 saturated heterocycles. The van der Waals surface area contributed by atoms with Gasteiger partial charge in [0.25, 0.3) is 0 Å². The van der Waals surface area contributed by atoms with Gasteiger partial charge in [-0.15, -0.1) is 0 Å². The maximum absolute atomic E-state index is 6.45. The molecule has 0 atom stereocenters. The van der Waals surface area contributed by atoms with Crippen LogP contribution in [-0.2, 0) is 10.3 Å². The molecule has 0 aliphatic heterocycles. The molecule has 0 bridgehead atoms. The van der Waals surface area contributed by atoms with Crippen LogP contribution in [0.3, 0.4) is 0 Å². The lowest BCUT2D eigenvalue weighted by Gasteiger charge is -2.29. The molecule has 0 heterocycles. The average Bonchev–Trinajstić information content (AvgIpc) is 3.02. The Kier molecular flexibility index (Phi) is 6.41. The zero-order valence-electron chi connectivity index (χ0n) is 14.0. The van der Waals surface area contributed by atoms with Gasteiger partial charge in [-0.25, -0.2) is 0 Å². The van der Waals surface area contributed by atoms with E-state index in [1.807, 2.05) is 13.0 Å². The van der Waals surface area contributed by atoms with Gasteiger partial charge in [0.1, 0.15) is 5.75 Å². The van der Waals surface area contributed by atoms with E-state index in [1.165, 1.54) is 23.2 Å². The standard InChI is InChI=1S/C17H26O3SSi/c1-5-18-17-15-11-9-10-14(15)12-13-16(17)19-22(7-3,8-4)20-21-6-2/h9-10,12-13H,5-8,11H2,1-4H3. The van der Waals surface area contributed by atoms with Gasteiger partial charge in [0, 0.05) is 23.4 Å². The molecule has 0 aromatic heterocycles. The molecular formula is C17H26O3SSi. The molecule has 0 saturated carbocycles. The molecule has 0 N–H and O–H groups in total. The summed E-state index contributed by atoms with van der Waals surface area (Å²) in [6.45, 7) is 9.06. The van der Waals surface area contributed by atoms with Crippen molar-refractivity contribution in [3.05, 3.63) is 29.3 Å². The largest absolute Gasteiger partial charge is 0.517 e. The van der Waals surface area contributed by atoms with Gasteiger partial charge in [0.15, 0.2) is 5.75 Å². The van der Waals surface area contributed by atoms with Crippen molar-refractivity contribution < 1.29 is 13.0 Å². The highest BCUT2D eigenvalue weighted by Crippen LogP contribution is 2.40. The quantitative estimate of drug-likeness (QED) is 0.457. The van der Waals surface area contributed by atoms with Gasteiger partial charge in [-0.05, 0) is 37.0 Å². The molecule has 5 heteroatoms. The van der Waals surface area contributed by atoms with Gasteiger partial charge < -0.3 is 13.0 Å². The lowest BCUT2D eigenvalue weighted by Crippen LogP contribution is -2.42. The van der Waals surface area contributed by atoms with E-state index in [4.69, 9.17) is 13.0 Å². The van der Waals surface area contributed by atoms with Crippen LogP contribution in [0.5, 0.6) is 11.5 Å². The summed E-state index contributed by atoms with van der Waals surface area (Å²) >= 11 is 1.51. The van der Waals surface area contributed by atoms with Crippen molar-refractivity contribution in [3.8, 4) is 11.5 Å². The Morgan fingerprint density at radius 1 is 1.14 bits per heavy atom. The normalized spacial score (nSPS) is 13.3. The second-order valence-electron chi connectivity index (χ2n) is 5.21. The Balaban J connectivity index is 2.31. The van der Waals surface area contributed by atoms with Gasteiger partial charge in [0.05, 0.1) is 6.61 Å². The first-order chi connectivity index (χ1) is 10.7. The Bertz CT molecular complexity index is 527. The molecule has 1 aromatic rings. The molecule has 1 aromatic carbocycles. The Morgan fingerprint density at radius 3 is 2.55 bits per heavy atom. The minimum absolute atomic E-state index is 0.643. The number of fused-ring (bicyclic) bond motifs is 1. The first-order valence-corrected chi connectivity index (χ1v) is 11.3. The molecule has 22 heavy (non-hydrogen) atoms. The van der Waals surface area contributed by atoms with Crippen LogP contribution in [0.2, 0.25) is 12.1 Å². The molecule has 0 unspecified atom stereocenters. The lowest BCUT2D eigenvalue weighted by molar-refractivity contribution is 0.315. The molecule has 3 nitrogen and oxygen atoms in total. The van der Waals surface area contributed by atoms with E-state index in [9.17, 15) is 0 Å². The van der Waals surface area contributed by atoms with Gasteiger partial charge in [0.2, 0.25) is 0 Å². The van der Waals surface area contributed by atoms with Crippen LogP contribution < -0.4 is 9.16 Å². The van der Waals surface area contributed by atoms with Gasteiger partial charge in [-0.1, -0.05) is 39.0 Å². The van der Waals surface area contributed by atoms with E-state index < -0.39 is 8.56 Å². The highest BCUT2D eigenvalue weighted by molar-refractivity contribution is 7.95. The Hall–Kier alpha value is -0.913. The van der Waals surface area contributed by atoms with Gasteiger partial charge in [-0.2, -0.15) is 0 Å². The maximum atomic E-state index is 6.45. The van der Waals surface area contributed by atoms with Crippen LogP contribution in [0.1, 0.15) is 38.8 Å². The Labute approximate surface area is 139 Å². The predicted octanol–water partition coefficient (Wildman–Crippen LogP) is 5.20. The fourth-order valence-electron chi connectivity index (χ4n) is 2.57. The van der Waals surface area contributed by atoms with E-state index in [-0.39, 0.29) is 0 Å². The van der Waals surface area contributed by atoms with Crippen molar-refractivity contribution in [2.45, 2.75) is 46.2 Å². The summed E-state index contributed by atoms with van der Waals surface area (Å²) in [5, 5.41) is 0. The highest BCUT2D eigenvalue weighted by Gasteiger charge is 2.38. The Morgan fingerprint density at radius 2 is 1.91 bits per heavy atom. The third-order valence-electron chi connectivity index (χ3n) is 3.87. The molecule has 0 spiro atoms. The van der Waals surface area contributed by atoms with E-state index >= 15 is 0 Å². The van der Waals surface area contributed by atoms with Crippen molar-refractivity contribution in [3.63, 3.8) is 0 Å². The summed E-state index contributed by atoms with van der Waals surface area (Å²) in [7, 11) is -2.24. The molecule has 2 rings (SSSR count). The highest BCUT2D eigenvalue weighted by atomic mass is 32.2. The van der Waals surface area contributed by atoms with Gasteiger partial charge >= 0.3 is 8.56 Å². The average molecular weight is 339 g/mol. The molecule has 0 amide bonds. The fraction of sp³-hybridized carbons (Fsp3) is 0.529. The fourth-order valence-corrected chi connectivity index (χ4v) is 6.33. The van der Waals surface area contributed by atoms with Crippen molar-refractivity contribution in [1.82, 2.24) is 0 Å². The summed E-state index contributed by atoms with van der Waals surface area (Å²) in [4.78, 5) is 0. The van der Waals surface area contributed by atoms with Crippen molar-refractivity contribution in [2.24, 2.45) is 0 Å². The number of hydrogen-bond donors (Lipinski definition) is 0. The molecular weight excluding hydrogens is 312 g/mol. The van der Waals surface area contributed by atoms with Crippen molar-refractivity contribution >= 4 is 26.7 Å². The van der Waals surface area contributed by atoms with E-state index in [0.717, 1.165) is 35.8 Å². The van der Waals surface area contributed by atoms with Crippen LogP contribution in [0.25, 0.3) is 6.08 Å². The maximum Gasteiger partial charge on any atom is 0.409 e. The summed E-state index contributed by atoms with van der Waals surface area (Å²) in [5.41, 5.74) is 2.47. The second-order valence-corrected chi connectivity index (χ2v) is 10.1. The predicted molar refractivity (Wildman–Crippen MR) is 96.9 cm³/mol. The SMILES string of the molecule is CCOc1c(O[Si](CC)(CC)OSCC)ccc2c1CC=C2. The molecule has 1 aliphatic rings. The number of rotatable bonds is 9. The first-order valence-electron chi connectivity index (χ1n) is 8.14.